The second-order valence-electron chi connectivity index (χ2n) is 4.36. The third-order valence-corrected chi connectivity index (χ3v) is 3.72. The lowest BCUT2D eigenvalue weighted by atomic mass is 10.1. The van der Waals surface area contributed by atoms with Crippen molar-refractivity contribution >= 4 is 15.9 Å². The highest BCUT2D eigenvalue weighted by molar-refractivity contribution is 9.10. The van der Waals surface area contributed by atoms with Crippen molar-refractivity contribution in [3.63, 3.8) is 0 Å². The van der Waals surface area contributed by atoms with Crippen molar-refractivity contribution in [2.45, 2.75) is 19.5 Å². The molecule has 0 unspecified atom stereocenters. The predicted molar refractivity (Wildman–Crippen MR) is 75.8 cm³/mol. The molecule has 0 amide bonds. The molecule has 4 heteroatoms. The van der Waals surface area contributed by atoms with E-state index in [1.54, 1.807) is 18.2 Å². The lowest BCUT2D eigenvalue weighted by Gasteiger charge is -2.15. The quantitative estimate of drug-likeness (QED) is 0.867. The van der Waals surface area contributed by atoms with E-state index in [0.717, 1.165) is 5.56 Å². The minimum absolute atomic E-state index is 0.113. The van der Waals surface area contributed by atoms with Gasteiger partial charge in [-0.15, -0.1) is 0 Å². The Morgan fingerprint density at radius 3 is 2.58 bits per heavy atom. The van der Waals surface area contributed by atoms with Gasteiger partial charge in [-0.05, 0) is 30.7 Å². The minimum atomic E-state index is -0.280. The lowest BCUT2D eigenvalue weighted by molar-refractivity contribution is 0.527. The fourth-order valence-electron chi connectivity index (χ4n) is 1.86. The molecule has 0 aromatic heterocycles. The van der Waals surface area contributed by atoms with E-state index in [1.807, 2.05) is 13.0 Å². The maximum atomic E-state index is 13.6. The first-order valence-corrected chi connectivity index (χ1v) is 6.79. The summed E-state index contributed by atoms with van der Waals surface area (Å²) >= 11 is 3.31. The van der Waals surface area contributed by atoms with E-state index >= 15 is 0 Å². The molecular formula is C15H14BrF2N. The van der Waals surface area contributed by atoms with Gasteiger partial charge in [0.25, 0.3) is 0 Å². The van der Waals surface area contributed by atoms with Crippen LogP contribution in [0.25, 0.3) is 0 Å². The van der Waals surface area contributed by atoms with Crippen LogP contribution in [0.4, 0.5) is 8.78 Å². The van der Waals surface area contributed by atoms with E-state index in [1.165, 1.54) is 18.2 Å². The van der Waals surface area contributed by atoms with Gasteiger partial charge >= 0.3 is 0 Å². The molecule has 0 radical (unpaired) electrons. The molecule has 1 N–H and O–H groups in total. The largest absolute Gasteiger partial charge is 0.306 e. The smallest absolute Gasteiger partial charge is 0.127 e. The summed E-state index contributed by atoms with van der Waals surface area (Å²) in [6.07, 6.45) is 0. The summed E-state index contributed by atoms with van der Waals surface area (Å²) in [5.41, 5.74) is 1.56. The Kier molecular flexibility index (Phi) is 4.66. The van der Waals surface area contributed by atoms with Crippen molar-refractivity contribution in [1.82, 2.24) is 5.32 Å². The van der Waals surface area contributed by atoms with E-state index in [2.05, 4.69) is 21.2 Å². The summed E-state index contributed by atoms with van der Waals surface area (Å²) in [5, 5.41) is 3.22. The number of hydrogen-bond acceptors (Lipinski definition) is 1. The molecule has 0 heterocycles. The molecule has 1 atom stereocenters. The van der Waals surface area contributed by atoms with E-state index in [0.29, 0.717) is 16.6 Å². The van der Waals surface area contributed by atoms with Gasteiger partial charge in [0.05, 0.1) is 0 Å². The van der Waals surface area contributed by atoms with Gasteiger partial charge in [-0.3, -0.25) is 0 Å². The second kappa shape index (κ2) is 6.26. The van der Waals surface area contributed by atoms with Crippen LogP contribution >= 0.6 is 15.9 Å². The monoisotopic (exact) mass is 325 g/mol. The first-order chi connectivity index (χ1) is 9.08. The van der Waals surface area contributed by atoms with Crippen LogP contribution in [0.15, 0.2) is 46.9 Å². The van der Waals surface area contributed by atoms with Gasteiger partial charge in [0.2, 0.25) is 0 Å². The van der Waals surface area contributed by atoms with Crippen LogP contribution in [-0.2, 0) is 6.54 Å². The van der Waals surface area contributed by atoms with Gasteiger partial charge in [0.1, 0.15) is 11.6 Å². The van der Waals surface area contributed by atoms with Gasteiger partial charge in [-0.25, -0.2) is 8.78 Å². The van der Waals surface area contributed by atoms with E-state index in [4.69, 9.17) is 0 Å². The molecule has 2 aromatic carbocycles. The molecule has 2 rings (SSSR count). The zero-order valence-corrected chi connectivity index (χ0v) is 12.0. The van der Waals surface area contributed by atoms with E-state index < -0.39 is 0 Å². The van der Waals surface area contributed by atoms with Gasteiger partial charge < -0.3 is 5.32 Å². The highest BCUT2D eigenvalue weighted by atomic mass is 79.9. The van der Waals surface area contributed by atoms with Crippen molar-refractivity contribution < 1.29 is 8.78 Å². The highest BCUT2D eigenvalue weighted by Gasteiger charge is 2.10. The van der Waals surface area contributed by atoms with Crippen molar-refractivity contribution in [2.24, 2.45) is 0 Å². The maximum Gasteiger partial charge on any atom is 0.127 e. The SMILES string of the molecule is C[C@@H](NCc1ccc(F)cc1Br)c1ccccc1F. The Bertz CT molecular complexity index is 572. The Morgan fingerprint density at radius 2 is 1.89 bits per heavy atom. The number of benzene rings is 2. The number of nitrogens with one attached hydrogen (secondary N) is 1. The molecule has 0 saturated heterocycles. The Morgan fingerprint density at radius 1 is 1.16 bits per heavy atom. The van der Waals surface area contributed by atoms with Crippen molar-refractivity contribution in [3.05, 3.63) is 69.7 Å². The molecular weight excluding hydrogens is 312 g/mol. The summed E-state index contributed by atoms with van der Waals surface area (Å²) in [6.45, 7) is 2.44. The number of hydrogen-bond donors (Lipinski definition) is 1. The van der Waals surface area contributed by atoms with Crippen LogP contribution in [0.5, 0.6) is 0 Å². The van der Waals surface area contributed by atoms with Crippen LogP contribution in [0.1, 0.15) is 24.1 Å². The molecule has 0 aliphatic carbocycles. The van der Waals surface area contributed by atoms with Crippen LogP contribution in [0, 0.1) is 11.6 Å². The van der Waals surface area contributed by atoms with E-state index in [-0.39, 0.29) is 17.7 Å². The molecule has 100 valence electrons. The van der Waals surface area contributed by atoms with Crippen molar-refractivity contribution in [1.29, 1.82) is 0 Å². The average Bonchev–Trinajstić information content (AvgIpc) is 2.38. The fraction of sp³-hybridized carbons (Fsp3) is 0.200. The average molecular weight is 326 g/mol. The molecule has 0 saturated carbocycles. The zero-order chi connectivity index (χ0) is 13.8. The first-order valence-electron chi connectivity index (χ1n) is 5.99. The summed E-state index contributed by atoms with van der Waals surface area (Å²) < 4.78 is 27.3. The number of rotatable bonds is 4. The van der Waals surface area contributed by atoms with Crippen molar-refractivity contribution in [2.75, 3.05) is 0 Å². The fourth-order valence-corrected chi connectivity index (χ4v) is 2.36. The second-order valence-corrected chi connectivity index (χ2v) is 5.21. The summed E-state index contributed by atoms with van der Waals surface area (Å²) in [5.74, 6) is -0.501. The standard InChI is InChI=1S/C15H14BrF2N/c1-10(13-4-2-3-5-15(13)18)19-9-11-6-7-12(17)8-14(11)16/h2-8,10,19H,9H2,1H3/t10-/m1/s1. The summed E-state index contributed by atoms with van der Waals surface area (Å²) in [7, 11) is 0. The van der Waals surface area contributed by atoms with Gasteiger partial charge in [-0.1, -0.05) is 40.2 Å². The molecule has 0 fully saturated rings. The Labute approximate surface area is 119 Å². The Balaban J connectivity index is 2.04. The molecule has 2 aromatic rings. The highest BCUT2D eigenvalue weighted by Crippen LogP contribution is 2.20. The first kappa shape index (κ1) is 14.2. The van der Waals surface area contributed by atoms with Crippen LogP contribution in [-0.4, -0.2) is 0 Å². The Hall–Kier alpha value is -1.26. The summed E-state index contributed by atoms with van der Waals surface area (Å²) in [4.78, 5) is 0. The maximum absolute atomic E-state index is 13.6. The van der Waals surface area contributed by atoms with Gasteiger partial charge in [-0.2, -0.15) is 0 Å². The predicted octanol–water partition coefficient (Wildman–Crippen LogP) is 4.58. The van der Waals surface area contributed by atoms with Gasteiger partial charge in [0.15, 0.2) is 0 Å². The van der Waals surface area contributed by atoms with E-state index in [9.17, 15) is 8.78 Å². The van der Waals surface area contributed by atoms with Crippen LogP contribution < -0.4 is 5.32 Å². The minimum Gasteiger partial charge on any atom is -0.306 e. The third-order valence-electron chi connectivity index (χ3n) is 2.99. The normalized spacial score (nSPS) is 12.4. The van der Waals surface area contributed by atoms with Crippen LogP contribution in [0.2, 0.25) is 0 Å². The molecule has 19 heavy (non-hydrogen) atoms. The third kappa shape index (κ3) is 3.61. The molecule has 0 aliphatic rings. The van der Waals surface area contributed by atoms with Gasteiger partial charge in [0, 0.05) is 22.6 Å². The molecule has 0 spiro atoms. The van der Waals surface area contributed by atoms with Crippen LogP contribution in [0.3, 0.4) is 0 Å². The molecule has 0 aliphatic heterocycles. The lowest BCUT2D eigenvalue weighted by Crippen LogP contribution is -2.19. The summed E-state index contributed by atoms with van der Waals surface area (Å²) in [6, 6.07) is 11.1. The number of halogens is 3. The van der Waals surface area contributed by atoms with Crippen molar-refractivity contribution in [3.8, 4) is 0 Å². The molecule has 0 bridgehead atoms. The molecule has 1 nitrogen and oxygen atoms in total. The zero-order valence-electron chi connectivity index (χ0n) is 10.5. The topological polar surface area (TPSA) is 12.0 Å².